The van der Waals surface area contributed by atoms with E-state index in [4.69, 9.17) is 4.57 Å². The highest BCUT2D eigenvalue weighted by molar-refractivity contribution is 7.23. The summed E-state index contributed by atoms with van der Waals surface area (Å²) in [6.07, 6.45) is 2.34. The molecule has 2 nitrogen and oxygen atoms in total. The third-order valence-electron chi connectivity index (χ3n) is 0.263. The fourth-order valence-electron chi connectivity index (χ4n) is 0.0680. The molecule has 0 saturated carbocycles. The van der Waals surface area contributed by atoms with E-state index in [1.807, 2.05) is 0 Å². The molecule has 0 spiro atoms. The van der Waals surface area contributed by atoms with E-state index in [0.717, 1.165) is 0 Å². The Balaban J connectivity index is 0. The van der Waals surface area contributed by atoms with Gasteiger partial charge < -0.3 is 9.13 Å². The van der Waals surface area contributed by atoms with Gasteiger partial charge in [0, 0.05) is 6.16 Å². The van der Waals surface area contributed by atoms with Gasteiger partial charge >= 0.3 is 0 Å². The van der Waals surface area contributed by atoms with Crippen LogP contribution in [0.2, 0.25) is 0 Å². The van der Waals surface area contributed by atoms with Gasteiger partial charge in [-0.05, 0) is 0 Å². The van der Waals surface area contributed by atoms with Gasteiger partial charge in [-0.3, -0.25) is 0 Å². The van der Waals surface area contributed by atoms with Crippen molar-refractivity contribution in [1.82, 2.24) is 0 Å². The summed E-state index contributed by atoms with van der Waals surface area (Å²) in [5.41, 5.74) is 0. The van der Waals surface area contributed by atoms with Crippen molar-refractivity contribution in [2.24, 2.45) is 0 Å². The van der Waals surface area contributed by atoms with Crippen molar-refractivity contribution in [3.8, 4) is 0 Å². The quantitative estimate of drug-likeness (QED) is 0.421. The molecule has 0 aliphatic rings. The second-order valence-electron chi connectivity index (χ2n) is 0.691. The fourth-order valence-corrected chi connectivity index (χ4v) is 0.204. The molecule has 0 amide bonds. The zero-order valence-electron chi connectivity index (χ0n) is 4.09. The molecule has 0 bridgehead atoms. The summed E-state index contributed by atoms with van der Waals surface area (Å²) in [6.45, 7) is 3.37. The SMILES string of the molecule is C=CC[PH2]=O.O=[PH3]. The molecule has 0 aliphatic carbocycles. The lowest BCUT2D eigenvalue weighted by atomic mass is 10.8. The average Bonchev–Trinajstić information content (AvgIpc) is 1.75. The first-order valence-electron chi connectivity index (χ1n) is 1.75. The number of hydrogen-bond acceptors (Lipinski definition) is 2. The molecule has 2 unspecified atom stereocenters. The van der Waals surface area contributed by atoms with Crippen molar-refractivity contribution in [2.45, 2.75) is 0 Å². The van der Waals surface area contributed by atoms with E-state index in [2.05, 4.69) is 6.58 Å². The molecule has 44 valence electrons. The lowest BCUT2D eigenvalue weighted by molar-refractivity contribution is 0.600. The Hall–Kier alpha value is 0.200. The van der Waals surface area contributed by atoms with Crippen LogP contribution in [0.4, 0.5) is 0 Å². The number of hydrogen-bond donors (Lipinski definition) is 0. The zero-order chi connectivity index (χ0) is 6.12. The van der Waals surface area contributed by atoms with Crippen LogP contribution in [0, 0.1) is 0 Å². The third-order valence-corrected chi connectivity index (χ3v) is 0.789. The highest BCUT2D eigenvalue weighted by Crippen LogP contribution is 1.86. The summed E-state index contributed by atoms with van der Waals surface area (Å²) >= 11 is 0. The Morgan fingerprint density at radius 2 is 2.14 bits per heavy atom. The van der Waals surface area contributed by atoms with Crippen LogP contribution in [0.25, 0.3) is 0 Å². The standard InChI is InChI=1S/C3H7OP.H3OP/c1-2-3-5-4;1-2/h2H,1,3,5H2;2H3. The number of allylic oxidation sites excluding steroid dienone is 1. The third kappa shape index (κ3) is 22.6. The largest absolute Gasteiger partial charge is 0.333 e. The van der Waals surface area contributed by atoms with Gasteiger partial charge in [-0.1, -0.05) is 6.08 Å². The predicted octanol–water partition coefficient (Wildman–Crippen LogP) is 0.868. The average molecular weight is 140 g/mol. The highest BCUT2D eigenvalue weighted by atomic mass is 31.1. The van der Waals surface area contributed by atoms with Crippen molar-refractivity contribution >= 4 is 17.6 Å². The van der Waals surface area contributed by atoms with Crippen LogP contribution in [0.3, 0.4) is 0 Å². The van der Waals surface area contributed by atoms with Crippen molar-refractivity contribution in [1.29, 1.82) is 0 Å². The molecule has 0 heterocycles. The molecule has 0 aromatic carbocycles. The Morgan fingerprint density at radius 1 is 1.71 bits per heavy atom. The van der Waals surface area contributed by atoms with Crippen LogP contribution < -0.4 is 0 Å². The van der Waals surface area contributed by atoms with Crippen LogP contribution in [0.5, 0.6) is 0 Å². The molecule has 0 aromatic heterocycles. The van der Waals surface area contributed by atoms with Crippen LogP contribution >= 0.6 is 17.6 Å². The summed E-state index contributed by atoms with van der Waals surface area (Å²) in [5.74, 6) is 0. The molecule has 0 radical (unpaired) electrons. The molecule has 0 rings (SSSR count). The van der Waals surface area contributed by atoms with E-state index in [0.29, 0.717) is 15.3 Å². The maximum Gasteiger partial charge on any atom is 0.0681 e. The summed E-state index contributed by atoms with van der Waals surface area (Å²) in [4.78, 5) is 0. The smallest absolute Gasteiger partial charge is 0.0681 e. The number of rotatable bonds is 2. The minimum absolute atomic E-state index is 0.582. The van der Waals surface area contributed by atoms with Gasteiger partial charge in [0.25, 0.3) is 0 Å². The van der Waals surface area contributed by atoms with Crippen LogP contribution in [-0.4, -0.2) is 6.16 Å². The zero-order valence-corrected chi connectivity index (χ0v) is 6.66. The molecule has 0 fully saturated rings. The Morgan fingerprint density at radius 3 is 2.14 bits per heavy atom. The van der Waals surface area contributed by atoms with E-state index >= 15 is 0 Å². The molecular formula is C3H10O2P2. The van der Waals surface area contributed by atoms with Crippen molar-refractivity contribution in [2.75, 3.05) is 6.16 Å². The molecule has 0 aromatic rings. The molecule has 2 atom stereocenters. The summed E-state index contributed by atoms with van der Waals surface area (Å²) in [7, 11) is 0.0289. The highest BCUT2D eigenvalue weighted by Gasteiger charge is 1.57. The Labute approximate surface area is 46.4 Å². The van der Waals surface area contributed by atoms with Crippen LogP contribution in [0.15, 0.2) is 12.7 Å². The van der Waals surface area contributed by atoms with Crippen molar-refractivity contribution in [3.63, 3.8) is 0 Å². The van der Waals surface area contributed by atoms with Gasteiger partial charge in [-0.15, -0.1) is 6.58 Å². The maximum atomic E-state index is 9.54. The minimum Gasteiger partial charge on any atom is -0.333 e. The lowest BCUT2D eigenvalue weighted by Gasteiger charge is -1.61. The first kappa shape index (κ1) is 10.2. The van der Waals surface area contributed by atoms with Gasteiger partial charge in [0.1, 0.15) is 0 Å². The molecule has 0 N–H and O–H groups in total. The second kappa shape index (κ2) is 16.4. The van der Waals surface area contributed by atoms with E-state index < -0.39 is 8.46 Å². The Kier molecular flexibility index (Phi) is 23.9. The molecule has 0 aliphatic heterocycles. The first-order chi connectivity index (χ1) is 3.41. The van der Waals surface area contributed by atoms with E-state index in [9.17, 15) is 4.57 Å². The van der Waals surface area contributed by atoms with E-state index in [1.54, 1.807) is 6.08 Å². The topological polar surface area (TPSA) is 34.1 Å². The van der Waals surface area contributed by atoms with Crippen molar-refractivity contribution < 1.29 is 9.13 Å². The van der Waals surface area contributed by atoms with E-state index in [-0.39, 0.29) is 0 Å². The van der Waals surface area contributed by atoms with Gasteiger partial charge in [-0.25, -0.2) is 0 Å². The molecular weight excluding hydrogens is 130 g/mol. The van der Waals surface area contributed by atoms with E-state index in [1.165, 1.54) is 0 Å². The Bertz CT molecular complexity index is 48.9. The predicted molar refractivity (Wildman–Crippen MR) is 37.3 cm³/mol. The van der Waals surface area contributed by atoms with Gasteiger partial charge in [0.2, 0.25) is 0 Å². The maximum absolute atomic E-state index is 9.54. The summed E-state index contributed by atoms with van der Waals surface area (Å²) in [5, 5.41) is 0. The fraction of sp³-hybridized carbons (Fsp3) is 0.333. The van der Waals surface area contributed by atoms with Crippen LogP contribution in [-0.2, 0) is 9.13 Å². The molecule has 7 heavy (non-hydrogen) atoms. The summed E-state index contributed by atoms with van der Waals surface area (Å²) in [6, 6.07) is 0. The lowest BCUT2D eigenvalue weighted by Crippen LogP contribution is -1.47. The second-order valence-corrected chi connectivity index (χ2v) is 1.50. The van der Waals surface area contributed by atoms with Crippen LogP contribution in [0.1, 0.15) is 0 Å². The van der Waals surface area contributed by atoms with Gasteiger partial charge in [0.15, 0.2) is 0 Å². The minimum atomic E-state index is -0.582. The normalized spacial score (nSPS) is 8.00. The van der Waals surface area contributed by atoms with Gasteiger partial charge in [-0.2, -0.15) is 0 Å². The monoisotopic (exact) mass is 140 g/mol. The van der Waals surface area contributed by atoms with Crippen molar-refractivity contribution in [3.05, 3.63) is 12.7 Å². The first-order valence-corrected chi connectivity index (χ1v) is 3.61. The summed E-state index contributed by atoms with van der Waals surface area (Å²) < 4.78 is 17.8. The molecule has 0 saturated heterocycles. The molecule has 4 heteroatoms. The van der Waals surface area contributed by atoms with Gasteiger partial charge in [0.05, 0.1) is 17.6 Å².